The van der Waals surface area contributed by atoms with Crippen molar-refractivity contribution in [2.24, 2.45) is 7.05 Å². The van der Waals surface area contributed by atoms with Crippen molar-refractivity contribution in [3.05, 3.63) is 47.7 Å². The first-order chi connectivity index (χ1) is 12.7. The molecule has 3 rings (SSSR count). The smallest absolute Gasteiger partial charge is 0.328 e. The molecule has 0 unspecified atom stereocenters. The molecule has 138 valence electrons. The molecule has 9 heteroatoms. The first-order valence-corrected chi connectivity index (χ1v) is 7.85. The summed E-state index contributed by atoms with van der Waals surface area (Å²) in [5.41, 5.74) is 0.217. The second kappa shape index (κ2) is 6.72. The second-order valence-electron chi connectivity index (χ2n) is 5.96. The van der Waals surface area contributed by atoms with Gasteiger partial charge in [0.25, 0.3) is 5.91 Å². The van der Waals surface area contributed by atoms with E-state index in [1.165, 1.54) is 41.0 Å². The fourth-order valence-corrected chi connectivity index (χ4v) is 2.68. The van der Waals surface area contributed by atoms with Crippen LogP contribution in [0.1, 0.15) is 15.9 Å². The summed E-state index contributed by atoms with van der Waals surface area (Å²) < 4.78 is 40.5. The Balaban J connectivity index is 2.20. The van der Waals surface area contributed by atoms with Crippen LogP contribution in [-0.4, -0.2) is 39.2 Å². The van der Waals surface area contributed by atoms with Crippen molar-refractivity contribution in [2.45, 2.75) is 6.18 Å². The molecule has 1 aromatic carbocycles. The van der Waals surface area contributed by atoms with Gasteiger partial charge in [-0.25, -0.2) is 4.98 Å². The molecule has 0 N–H and O–H groups in total. The molecule has 2 heterocycles. The van der Waals surface area contributed by atoms with Crippen molar-refractivity contribution in [3.8, 4) is 17.3 Å². The predicted octanol–water partition coefficient (Wildman–Crippen LogP) is 3.25. The van der Waals surface area contributed by atoms with Gasteiger partial charge in [-0.15, -0.1) is 0 Å². The summed E-state index contributed by atoms with van der Waals surface area (Å²) in [7, 11) is 3.09. The maximum Gasteiger partial charge on any atom is 0.416 e. The number of nitriles is 1. The van der Waals surface area contributed by atoms with Crippen LogP contribution in [0.2, 0.25) is 0 Å². The van der Waals surface area contributed by atoms with Crippen LogP contribution < -0.4 is 0 Å². The van der Waals surface area contributed by atoms with Gasteiger partial charge in [-0.05, 0) is 18.2 Å². The number of halogens is 3. The van der Waals surface area contributed by atoms with Crippen molar-refractivity contribution < 1.29 is 18.0 Å². The number of nitrogens with zero attached hydrogens (tertiary/aromatic N) is 5. The lowest BCUT2D eigenvalue weighted by molar-refractivity contribution is -0.137. The van der Waals surface area contributed by atoms with Crippen molar-refractivity contribution in [3.63, 3.8) is 0 Å². The Bertz CT molecular complexity index is 1070. The summed E-state index contributed by atoms with van der Waals surface area (Å²) in [6.07, 6.45) is -3.02. The molecule has 0 radical (unpaired) electrons. The van der Waals surface area contributed by atoms with Crippen LogP contribution in [0.5, 0.6) is 0 Å². The van der Waals surface area contributed by atoms with Gasteiger partial charge in [0.1, 0.15) is 6.54 Å². The number of fused-ring (bicyclic) bond motifs is 1. The third kappa shape index (κ3) is 3.46. The monoisotopic (exact) mass is 373 g/mol. The molecule has 0 saturated carbocycles. The highest BCUT2D eigenvalue weighted by Crippen LogP contribution is 2.32. The van der Waals surface area contributed by atoms with Crippen LogP contribution in [-0.2, 0) is 13.2 Å². The first kappa shape index (κ1) is 18.4. The van der Waals surface area contributed by atoms with Crippen LogP contribution in [0.15, 0.2) is 36.5 Å². The van der Waals surface area contributed by atoms with Gasteiger partial charge < -0.3 is 4.90 Å². The lowest BCUT2D eigenvalue weighted by Gasteiger charge is -2.15. The van der Waals surface area contributed by atoms with E-state index in [1.807, 2.05) is 6.07 Å². The van der Waals surface area contributed by atoms with E-state index in [0.29, 0.717) is 11.0 Å². The maximum absolute atomic E-state index is 13.0. The van der Waals surface area contributed by atoms with E-state index < -0.39 is 17.6 Å². The van der Waals surface area contributed by atoms with Crippen LogP contribution in [0.4, 0.5) is 13.2 Å². The summed E-state index contributed by atoms with van der Waals surface area (Å²) in [6.45, 7) is -0.123. The molecular formula is C18H14F3N5O. The fraction of sp³-hybridized carbons (Fsp3) is 0.222. The van der Waals surface area contributed by atoms with Gasteiger partial charge in [0.15, 0.2) is 5.65 Å². The summed E-state index contributed by atoms with van der Waals surface area (Å²) >= 11 is 0. The fourth-order valence-electron chi connectivity index (χ4n) is 2.68. The molecule has 0 saturated heterocycles. The zero-order valence-corrected chi connectivity index (χ0v) is 14.4. The van der Waals surface area contributed by atoms with E-state index in [0.717, 1.165) is 12.1 Å². The summed E-state index contributed by atoms with van der Waals surface area (Å²) in [5, 5.41) is 13.3. The number of aryl methyl sites for hydroxylation is 1. The van der Waals surface area contributed by atoms with Crippen molar-refractivity contribution in [1.82, 2.24) is 19.7 Å². The number of alkyl halides is 3. The number of hydrogen-bond donors (Lipinski definition) is 0. The minimum atomic E-state index is -4.49. The minimum Gasteiger partial charge on any atom is -0.328 e. The maximum atomic E-state index is 13.0. The Kier molecular flexibility index (Phi) is 4.57. The molecule has 27 heavy (non-hydrogen) atoms. The standard InChI is InChI=1S/C18H14F3N5O/c1-25(7-6-22)17(27)13-9-15(24-16-14(13)10-23-26(16)2)11-4-3-5-12(8-11)18(19,20)21/h3-5,8-10H,7H2,1-2H3. The highest BCUT2D eigenvalue weighted by atomic mass is 19.4. The number of benzene rings is 1. The topological polar surface area (TPSA) is 74.8 Å². The Labute approximate surface area is 152 Å². The van der Waals surface area contributed by atoms with Gasteiger partial charge >= 0.3 is 6.18 Å². The van der Waals surface area contributed by atoms with Gasteiger partial charge in [-0.2, -0.15) is 23.5 Å². The molecule has 0 aliphatic carbocycles. The third-order valence-corrected chi connectivity index (χ3v) is 4.08. The second-order valence-corrected chi connectivity index (χ2v) is 5.96. The Hall–Kier alpha value is -3.41. The molecule has 0 aliphatic rings. The lowest BCUT2D eigenvalue weighted by atomic mass is 10.0. The highest BCUT2D eigenvalue weighted by molar-refractivity contribution is 6.06. The third-order valence-electron chi connectivity index (χ3n) is 4.08. The van der Waals surface area contributed by atoms with Crippen LogP contribution in [0.25, 0.3) is 22.3 Å². The molecule has 0 fully saturated rings. The predicted molar refractivity (Wildman–Crippen MR) is 91.5 cm³/mol. The molecule has 6 nitrogen and oxygen atoms in total. The molecule has 2 aromatic heterocycles. The van der Waals surface area contributed by atoms with Crippen molar-refractivity contribution >= 4 is 16.9 Å². The minimum absolute atomic E-state index is 0.123. The zero-order chi connectivity index (χ0) is 19.8. The number of hydrogen-bond acceptors (Lipinski definition) is 4. The Morgan fingerprint density at radius 2 is 2.07 bits per heavy atom. The quantitative estimate of drug-likeness (QED) is 0.661. The van der Waals surface area contributed by atoms with E-state index >= 15 is 0 Å². The largest absolute Gasteiger partial charge is 0.416 e. The molecule has 0 bridgehead atoms. The molecule has 1 amide bonds. The number of pyridine rings is 1. The summed E-state index contributed by atoms with van der Waals surface area (Å²) in [4.78, 5) is 18.3. The van der Waals surface area contributed by atoms with Crippen LogP contribution in [0, 0.1) is 11.3 Å². The molecule has 0 aliphatic heterocycles. The van der Waals surface area contributed by atoms with Gasteiger partial charge in [0.05, 0.1) is 34.5 Å². The number of carbonyl (C=O) groups excluding carboxylic acids is 1. The summed E-state index contributed by atoms with van der Waals surface area (Å²) in [6, 6.07) is 8.05. The van der Waals surface area contributed by atoms with E-state index in [4.69, 9.17) is 5.26 Å². The first-order valence-electron chi connectivity index (χ1n) is 7.85. The van der Waals surface area contributed by atoms with Gasteiger partial charge in [0, 0.05) is 19.7 Å². The molecular weight excluding hydrogens is 359 g/mol. The van der Waals surface area contributed by atoms with Crippen molar-refractivity contribution in [1.29, 1.82) is 5.26 Å². The summed E-state index contributed by atoms with van der Waals surface area (Å²) in [5.74, 6) is -0.440. The average Bonchev–Trinajstić information content (AvgIpc) is 3.01. The van der Waals surface area contributed by atoms with E-state index in [9.17, 15) is 18.0 Å². The highest BCUT2D eigenvalue weighted by Gasteiger charge is 2.30. The van der Waals surface area contributed by atoms with Gasteiger partial charge in [0.2, 0.25) is 0 Å². The number of amides is 1. The molecule has 3 aromatic rings. The van der Waals surface area contributed by atoms with Gasteiger partial charge in [-0.3, -0.25) is 9.48 Å². The molecule has 0 spiro atoms. The van der Waals surface area contributed by atoms with Crippen LogP contribution in [0.3, 0.4) is 0 Å². The van der Waals surface area contributed by atoms with E-state index in [-0.39, 0.29) is 23.4 Å². The van der Waals surface area contributed by atoms with Crippen LogP contribution >= 0.6 is 0 Å². The SMILES string of the molecule is CN(CC#N)C(=O)c1cc(-c2cccc(C(F)(F)F)c2)nc2c1cnn2C. The average molecular weight is 373 g/mol. The van der Waals surface area contributed by atoms with E-state index in [1.54, 1.807) is 7.05 Å². The molecule has 0 atom stereocenters. The van der Waals surface area contributed by atoms with Gasteiger partial charge in [-0.1, -0.05) is 12.1 Å². The lowest BCUT2D eigenvalue weighted by Crippen LogP contribution is -2.27. The van der Waals surface area contributed by atoms with Crippen molar-refractivity contribution in [2.75, 3.05) is 13.6 Å². The normalized spacial score (nSPS) is 11.4. The number of carbonyl (C=O) groups is 1. The van der Waals surface area contributed by atoms with E-state index in [2.05, 4.69) is 10.1 Å². The number of aromatic nitrogens is 3. The zero-order valence-electron chi connectivity index (χ0n) is 14.4. The Morgan fingerprint density at radius 3 is 2.74 bits per heavy atom. The number of rotatable bonds is 3. The Morgan fingerprint density at radius 1 is 1.33 bits per heavy atom.